The highest BCUT2D eigenvalue weighted by molar-refractivity contribution is 5.71. The van der Waals surface area contributed by atoms with E-state index in [1.54, 1.807) is 0 Å². The second kappa shape index (κ2) is 6.20. The van der Waals surface area contributed by atoms with Crippen LogP contribution in [0.25, 0.3) is 0 Å². The van der Waals surface area contributed by atoms with Crippen LogP contribution in [0.15, 0.2) is 30.3 Å². The maximum absolute atomic E-state index is 11.2. The minimum Gasteiger partial charge on any atom is -0.481 e. The molecule has 3 heteroatoms. The van der Waals surface area contributed by atoms with Gasteiger partial charge in [-0.25, -0.2) is 0 Å². The Bertz CT molecular complexity index is 418. The molecule has 0 radical (unpaired) electrons. The summed E-state index contributed by atoms with van der Waals surface area (Å²) in [5.74, 6) is -0.852. The normalized spacial score (nSPS) is 25.4. The topological polar surface area (TPSA) is 40.5 Å². The number of carbonyl (C=O) groups is 1. The van der Waals surface area contributed by atoms with Crippen molar-refractivity contribution in [2.45, 2.75) is 45.2 Å². The number of carboxylic acid groups (broad SMARTS) is 1. The minimum absolute atomic E-state index is 0.145. The number of rotatable bonds is 5. The van der Waals surface area contributed by atoms with Crippen LogP contribution in [-0.2, 0) is 11.2 Å². The highest BCUT2D eigenvalue weighted by Crippen LogP contribution is 2.28. The van der Waals surface area contributed by atoms with Gasteiger partial charge in [0.15, 0.2) is 0 Å². The summed E-state index contributed by atoms with van der Waals surface area (Å²) in [6, 6.07) is 11.1. The third-order valence-corrected chi connectivity index (χ3v) is 4.38. The van der Waals surface area contributed by atoms with E-state index in [2.05, 4.69) is 43.0 Å². The largest absolute Gasteiger partial charge is 0.481 e. The maximum Gasteiger partial charge on any atom is 0.308 e. The molecule has 0 spiro atoms. The molecule has 1 heterocycles. The summed E-state index contributed by atoms with van der Waals surface area (Å²) in [5.41, 5.74) is 1.33. The van der Waals surface area contributed by atoms with Gasteiger partial charge in [0.25, 0.3) is 0 Å². The summed E-state index contributed by atoms with van der Waals surface area (Å²) in [5, 5.41) is 9.22. The quantitative estimate of drug-likeness (QED) is 0.886. The summed E-state index contributed by atoms with van der Waals surface area (Å²) in [4.78, 5) is 13.6. The van der Waals surface area contributed by atoms with Crippen molar-refractivity contribution in [1.82, 2.24) is 4.90 Å². The van der Waals surface area contributed by atoms with Gasteiger partial charge in [-0.15, -0.1) is 0 Å². The third-order valence-electron chi connectivity index (χ3n) is 4.38. The van der Waals surface area contributed by atoms with Crippen molar-refractivity contribution in [3.05, 3.63) is 35.9 Å². The van der Waals surface area contributed by atoms with Gasteiger partial charge in [0.2, 0.25) is 0 Å². The number of aliphatic carboxylic acids is 1. The zero-order valence-electron chi connectivity index (χ0n) is 11.7. The molecule has 0 amide bonds. The van der Waals surface area contributed by atoms with Crippen molar-refractivity contribution in [2.75, 3.05) is 6.54 Å². The third kappa shape index (κ3) is 3.16. The van der Waals surface area contributed by atoms with E-state index in [9.17, 15) is 9.90 Å². The number of carboxylic acids is 1. The van der Waals surface area contributed by atoms with Gasteiger partial charge in [-0.3, -0.25) is 9.69 Å². The first-order valence-electron chi connectivity index (χ1n) is 7.16. The Kier molecular flexibility index (Phi) is 4.59. The second-order valence-corrected chi connectivity index (χ2v) is 5.46. The van der Waals surface area contributed by atoms with Crippen LogP contribution in [0.4, 0.5) is 0 Å². The van der Waals surface area contributed by atoms with E-state index in [4.69, 9.17) is 0 Å². The van der Waals surface area contributed by atoms with Crippen molar-refractivity contribution in [3.8, 4) is 0 Å². The number of likely N-dealkylation sites (tertiary alicyclic amines) is 1. The van der Waals surface area contributed by atoms with Crippen molar-refractivity contribution in [3.63, 3.8) is 0 Å². The molecule has 3 unspecified atom stereocenters. The van der Waals surface area contributed by atoms with Crippen molar-refractivity contribution in [2.24, 2.45) is 5.92 Å². The van der Waals surface area contributed by atoms with E-state index in [0.29, 0.717) is 6.04 Å². The smallest absolute Gasteiger partial charge is 0.308 e. The monoisotopic (exact) mass is 261 g/mol. The highest BCUT2D eigenvalue weighted by atomic mass is 16.4. The molecule has 1 saturated heterocycles. The Hall–Kier alpha value is -1.35. The van der Waals surface area contributed by atoms with Crippen molar-refractivity contribution < 1.29 is 9.90 Å². The Labute approximate surface area is 115 Å². The molecule has 1 aromatic carbocycles. The SMILES string of the molecule is CCC(Cc1ccccc1)N1CCC(C(=O)O)C1C. The average Bonchev–Trinajstić information content (AvgIpc) is 2.79. The lowest BCUT2D eigenvalue weighted by atomic mass is 9.99. The highest BCUT2D eigenvalue weighted by Gasteiger charge is 2.38. The van der Waals surface area contributed by atoms with E-state index in [-0.39, 0.29) is 12.0 Å². The number of hydrogen-bond acceptors (Lipinski definition) is 2. The first kappa shape index (κ1) is 14.1. The molecule has 2 rings (SSSR count). The first-order chi connectivity index (χ1) is 9.13. The molecule has 3 nitrogen and oxygen atoms in total. The Morgan fingerprint density at radius 3 is 2.63 bits per heavy atom. The summed E-state index contributed by atoms with van der Waals surface area (Å²) in [6.45, 7) is 5.15. The molecule has 1 aliphatic heterocycles. The lowest BCUT2D eigenvalue weighted by Crippen LogP contribution is -2.41. The molecule has 104 valence electrons. The second-order valence-electron chi connectivity index (χ2n) is 5.46. The van der Waals surface area contributed by atoms with Crippen LogP contribution in [0.3, 0.4) is 0 Å². The van der Waals surface area contributed by atoms with Gasteiger partial charge in [-0.05, 0) is 38.3 Å². The van der Waals surface area contributed by atoms with Crippen molar-refractivity contribution in [1.29, 1.82) is 0 Å². The zero-order chi connectivity index (χ0) is 13.8. The summed E-state index contributed by atoms with van der Waals surface area (Å²) in [7, 11) is 0. The number of nitrogens with zero attached hydrogens (tertiary/aromatic N) is 1. The first-order valence-corrected chi connectivity index (χ1v) is 7.16. The molecule has 1 aliphatic rings. The Morgan fingerprint density at radius 2 is 2.11 bits per heavy atom. The predicted octanol–water partition coefficient (Wildman–Crippen LogP) is 2.80. The van der Waals surface area contributed by atoms with E-state index in [1.807, 2.05) is 6.07 Å². The molecule has 0 saturated carbocycles. The van der Waals surface area contributed by atoms with Crippen LogP contribution in [0.5, 0.6) is 0 Å². The lowest BCUT2D eigenvalue weighted by molar-refractivity contribution is -0.142. The Balaban J connectivity index is 2.04. The van der Waals surface area contributed by atoms with Gasteiger partial charge in [0.1, 0.15) is 0 Å². The average molecular weight is 261 g/mol. The summed E-state index contributed by atoms with van der Waals surface area (Å²) >= 11 is 0. The van der Waals surface area contributed by atoms with Crippen LogP contribution in [0, 0.1) is 5.92 Å². The predicted molar refractivity (Wildman–Crippen MR) is 76.1 cm³/mol. The van der Waals surface area contributed by atoms with E-state index < -0.39 is 5.97 Å². The molecule has 0 bridgehead atoms. The molecule has 1 fully saturated rings. The fourth-order valence-electron chi connectivity index (χ4n) is 3.19. The molecule has 0 aliphatic carbocycles. The van der Waals surface area contributed by atoms with E-state index in [0.717, 1.165) is 25.8 Å². The van der Waals surface area contributed by atoms with Crippen LogP contribution in [-0.4, -0.2) is 34.6 Å². The van der Waals surface area contributed by atoms with Crippen molar-refractivity contribution >= 4 is 5.97 Å². The van der Waals surface area contributed by atoms with Crippen LogP contribution < -0.4 is 0 Å². The molecule has 19 heavy (non-hydrogen) atoms. The molecular weight excluding hydrogens is 238 g/mol. The fourth-order valence-corrected chi connectivity index (χ4v) is 3.19. The zero-order valence-corrected chi connectivity index (χ0v) is 11.7. The Morgan fingerprint density at radius 1 is 1.42 bits per heavy atom. The molecular formula is C16H23NO2. The standard InChI is InChI=1S/C16H23NO2/c1-3-14(11-13-7-5-4-6-8-13)17-10-9-15(12(17)2)16(18)19/h4-8,12,14-15H,3,9-11H2,1-2H3,(H,18,19). The molecule has 1 aromatic rings. The molecule has 3 atom stereocenters. The maximum atomic E-state index is 11.2. The van der Waals surface area contributed by atoms with Crippen LogP contribution in [0.1, 0.15) is 32.3 Å². The fraction of sp³-hybridized carbons (Fsp3) is 0.562. The van der Waals surface area contributed by atoms with Gasteiger partial charge in [-0.1, -0.05) is 37.3 Å². The van der Waals surface area contributed by atoms with Gasteiger partial charge in [-0.2, -0.15) is 0 Å². The van der Waals surface area contributed by atoms with Gasteiger partial charge in [0.05, 0.1) is 5.92 Å². The van der Waals surface area contributed by atoms with E-state index in [1.165, 1.54) is 5.56 Å². The summed E-state index contributed by atoms with van der Waals surface area (Å²) in [6.07, 6.45) is 2.85. The van der Waals surface area contributed by atoms with Gasteiger partial charge in [0, 0.05) is 12.1 Å². The van der Waals surface area contributed by atoms with E-state index >= 15 is 0 Å². The van der Waals surface area contributed by atoms with Crippen LogP contribution in [0.2, 0.25) is 0 Å². The minimum atomic E-state index is -0.649. The lowest BCUT2D eigenvalue weighted by Gasteiger charge is -2.31. The number of benzene rings is 1. The van der Waals surface area contributed by atoms with Gasteiger partial charge >= 0.3 is 5.97 Å². The molecule has 0 aromatic heterocycles. The van der Waals surface area contributed by atoms with Crippen LogP contribution >= 0.6 is 0 Å². The van der Waals surface area contributed by atoms with Gasteiger partial charge < -0.3 is 5.11 Å². The summed E-state index contributed by atoms with van der Waals surface area (Å²) < 4.78 is 0. The number of hydrogen-bond donors (Lipinski definition) is 1. The molecule has 1 N–H and O–H groups in total.